The molecule has 1 rings (SSSR count). The lowest BCUT2D eigenvalue weighted by molar-refractivity contribution is -0.154. The van der Waals surface area contributed by atoms with Gasteiger partial charge in [-0.2, -0.15) is 0 Å². The van der Waals surface area contributed by atoms with Gasteiger partial charge in [0.05, 0.1) is 25.0 Å². The first-order valence-corrected chi connectivity index (χ1v) is 4.43. The van der Waals surface area contributed by atoms with E-state index in [0.717, 1.165) is 0 Å². The van der Waals surface area contributed by atoms with Gasteiger partial charge in [0.15, 0.2) is 0 Å². The van der Waals surface area contributed by atoms with E-state index in [1.165, 1.54) is 14.2 Å². The first-order chi connectivity index (χ1) is 6.60. The predicted octanol–water partition coefficient (Wildman–Crippen LogP) is 0.285. The highest BCUT2D eigenvalue weighted by atomic mass is 16.5. The third kappa shape index (κ3) is 2.04. The van der Waals surface area contributed by atoms with E-state index in [-0.39, 0.29) is 6.10 Å². The maximum Gasteiger partial charge on any atom is 0.309 e. The molecule has 5 heteroatoms. The van der Waals surface area contributed by atoms with E-state index in [2.05, 4.69) is 4.74 Å². The lowest BCUT2D eigenvalue weighted by atomic mass is 9.97. The number of methoxy groups -OCH3 is 2. The minimum absolute atomic E-state index is 0.153. The van der Waals surface area contributed by atoms with Crippen LogP contribution in [0.1, 0.15) is 12.8 Å². The van der Waals surface area contributed by atoms with E-state index >= 15 is 0 Å². The van der Waals surface area contributed by atoms with Crippen molar-refractivity contribution in [3.8, 4) is 0 Å². The van der Waals surface area contributed by atoms with Crippen LogP contribution in [-0.4, -0.2) is 37.4 Å². The molecule has 0 amide bonds. The first-order valence-electron chi connectivity index (χ1n) is 4.43. The summed E-state index contributed by atoms with van der Waals surface area (Å²) >= 11 is 0. The first kappa shape index (κ1) is 11.0. The van der Waals surface area contributed by atoms with Crippen LogP contribution in [-0.2, 0) is 19.1 Å². The van der Waals surface area contributed by atoms with Crippen LogP contribution in [0.4, 0.5) is 0 Å². The Balaban J connectivity index is 2.71. The van der Waals surface area contributed by atoms with Crippen LogP contribution in [0.3, 0.4) is 0 Å². The number of ether oxygens (including phenoxy) is 2. The molecule has 5 nitrogen and oxygen atoms in total. The fraction of sp³-hybridized carbons (Fsp3) is 0.778. The van der Waals surface area contributed by atoms with Gasteiger partial charge < -0.3 is 14.6 Å². The molecule has 0 heterocycles. The number of carbonyl (C=O) groups is 2. The summed E-state index contributed by atoms with van der Waals surface area (Å²) in [7, 11) is 2.78. The van der Waals surface area contributed by atoms with Gasteiger partial charge in [0.25, 0.3) is 0 Å². The Morgan fingerprint density at radius 3 is 2.21 bits per heavy atom. The number of hydrogen-bond acceptors (Lipinski definition) is 4. The lowest BCUT2D eigenvalue weighted by Crippen LogP contribution is -2.26. The quantitative estimate of drug-likeness (QED) is 0.666. The summed E-state index contributed by atoms with van der Waals surface area (Å²) < 4.78 is 9.59. The molecule has 1 fully saturated rings. The fourth-order valence-corrected chi connectivity index (χ4v) is 1.87. The van der Waals surface area contributed by atoms with E-state index in [1.807, 2.05) is 0 Å². The van der Waals surface area contributed by atoms with Crippen LogP contribution in [0.15, 0.2) is 0 Å². The molecule has 1 saturated carbocycles. The average molecular weight is 202 g/mol. The van der Waals surface area contributed by atoms with Crippen LogP contribution in [0.5, 0.6) is 0 Å². The standard InChI is InChI=1S/C9H14O5/c1-13-5-3-6(8(10)11)7(4-5)9(12)14-2/h5-7H,3-4H2,1-2H3,(H,10,11)/t5-,6?,7?/m0/s1. The summed E-state index contributed by atoms with van der Waals surface area (Å²) in [6.07, 6.45) is 0.659. The van der Waals surface area contributed by atoms with E-state index in [1.54, 1.807) is 0 Å². The van der Waals surface area contributed by atoms with Gasteiger partial charge in [0.2, 0.25) is 0 Å². The molecule has 0 aromatic heterocycles. The molecule has 80 valence electrons. The maximum absolute atomic E-state index is 11.2. The van der Waals surface area contributed by atoms with Crippen molar-refractivity contribution in [1.82, 2.24) is 0 Å². The minimum atomic E-state index is -0.958. The molecular weight excluding hydrogens is 188 g/mol. The Bertz CT molecular complexity index is 237. The summed E-state index contributed by atoms with van der Waals surface area (Å²) in [6.45, 7) is 0. The molecular formula is C9H14O5. The topological polar surface area (TPSA) is 72.8 Å². The zero-order valence-electron chi connectivity index (χ0n) is 8.23. The van der Waals surface area contributed by atoms with Crippen molar-refractivity contribution in [2.75, 3.05) is 14.2 Å². The summed E-state index contributed by atoms with van der Waals surface area (Å²) in [5.41, 5.74) is 0. The number of carbonyl (C=O) groups excluding carboxylic acids is 1. The van der Waals surface area contributed by atoms with Crippen LogP contribution in [0, 0.1) is 11.8 Å². The molecule has 1 N–H and O–H groups in total. The minimum Gasteiger partial charge on any atom is -0.481 e. The van der Waals surface area contributed by atoms with Gasteiger partial charge in [-0.3, -0.25) is 9.59 Å². The van der Waals surface area contributed by atoms with E-state index in [9.17, 15) is 9.59 Å². The third-order valence-electron chi connectivity index (χ3n) is 2.67. The number of hydrogen-bond donors (Lipinski definition) is 1. The van der Waals surface area contributed by atoms with Gasteiger partial charge in [0.1, 0.15) is 0 Å². The van der Waals surface area contributed by atoms with Crippen LogP contribution >= 0.6 is 0 Å². The second kappa shape index (κ2) is 4.41. The van der Waals surface area contributed by atoms with Gasteiger partial charge in [-0.15, -0.1) is 0 Å². The molecule has 3 atom stereocenters. The van der Waals surface area contributed by atoms with Gasteiger partial charge in [-0.25, -0.2) is 0 Å². The molecule has 1 aliphatic rings. The van der Waals surface area contributed by atoms with Crippen LogP contribution < -0.4 is 0 Å². The fourth-order valence-electron chi connectivity index (χ4n) is 1.87. The molecule has 0 spiro atoms. The maximum atomic E-state index is 11.2. The summed E-state index contributed by atoms with van der Waals surface area (Å²) in [5.74, 6) is -2.66. The van der Waals surface area contributed by atoms with Crippen molar-refractivity contribution in [3.63, 3.8) is 0 Å². The van der Waals surface area contributed by atoms with Crippen LogP contribution in [0.2, 0.25) is 0 Å². The van der Waals surface area contributed by atoms with E-state index in [4.69, 9.17) is 9.84 Å². The number of aliphatic carboxylic acids is 1. The van der Waals surface area contributed by atoms with Crippen molar-refractivity contribution >= 4 is 11.9 Å². The summed E-state index contributed by atoms with van der Waals surface area (Å²) in [4.78, 5) is 22.1. The smallest absolute Gasteiger partial charge is 0.309 e. The van der Waals surface area contributed by atoms with Crippen molar-refractivity contribution in [2.24, 2.45) is 11.8 Å². The monoisotopic (exact) mass is 202 g/mol. The Morgan fingerprint density at radius 2 is 1.79 bits per heavy atom. The predicted molar refractivity (Wildman–Crippen MR) is 46.7 cm³/mol. The SMILES string of the molecule is COC(=O)C1C[C@@H](OC)CC1C(=O)O. The molecule has 0 aliphatic heterocycles. The molecule has 14 heavy (non-hydrogen) atoms. The molecule has 0 bridgehead atoms. The second-order valence-corrected chi connectivity index (χ2v) is 3.40. The summed E-state index contributed by atoms with van der Waals surface area (Å²) in [6, 6.07) is 0. The van der Waals surface area contributed by atoms with Crippen molar-refractivity contribution < 1.29 is 24.2 Å². The highest BCUT2D eigenvalue weighted by Gasteiger charge is 2.43. The molecule has 0 radical (unpaired) electrons. The Morgan fingerprint density at radius 1 is 1.21 bits per heavy atom. The van der Waals surface area contributed by atoms with Crippen molar-refractivity contribution in [1.29, 1.82) is 0 Å². The zero-order valence-corrected chi connectivity index (χ0v) is 8.23. The van der Waals surface area contributed by atoms with Gasteiger partial charge >= 0.3 is 11.9 Å². The van der Waals surface area contributed by atoms with E-state index in [0.29, 0.717) is 12.8 Å². The number of carboxylic acids is 1. The number of rotatable bonds is 3. The van der Waals surface area contributed by atoms with Gasteiger partial charge in [-0.1, -0.05) is 0 Å². The van der Waals surface area contributed by atoms with Gasteiger partial charge in [0, 0.05) is 7.11 Å². The highest BCUT2D eigenvalue weighted by molar-refractivity contribution is 5.81. The molecule has 0 aromatic rings. The van der Waals surface area contributed by atoms with Gasteiger partial charge in [-0.05, 0) is 12.8 Å². The lowest BCUT2D eigenvalue weighted by Gasteiger charge is -2.11. The van der Waals surface area contributed by atoms with Crippen molar-refractivity contribution in [3.05, 3.63) is 0 Å². The molecule has 2 unspecified atom stereocenters. The average Bonchev–Trinajstić information content (AvgIpc) is 2.60. The number of esters is 1. The highest BCUT2D eigenvalue weighted by Crippen LogP contribution is 2.34. The Labute approximate surface area is 82.0 Å². The molecule has 0 saturated heterocycles. The second-order valence-electron chi connectivity index (χ2n) is 3.40. The largest absolute Gasteiger partial charge is 0.481 e. The third-order valence-corrected chi connectivity index (χ3v) is 2.67. The molecule has 1 aliphatic carbocycles. The Hall–Kier alpha value is -1.10. The Kier molecular flexibility index (Phi) is 3.46. The normalized spacial score (nSPS) is 31.4. The van der Waals surface area contributed by atoms with Crippen molar-refractivity contribution in [2.45, 2.75) is 18.9 Å². The zero-order chi connectivity index (χ0) is 10.7. The van der Waals surface area contributed by atoms with E-state index < -0.39 is 23.8 Å². The summed E-state index contributed by atoms with van der Waals surface area (Å²) in [5, 5.41) is 8.88. The number of carboxylic acid groups (broad SMARTS) is 1. The molecule has 0 aromatic carbocycles. The van der Waals surface area contributed by atoms with Crippen LogP contribution in [0.25, 0.3) is 0 Å².